The summed E-state index contributed by atoms with van der Waals surface area (Å²) in [6.45, 7) is 0. The monoisotopic (exact) mass is 667 g/mol. The van der Waals surface area contributed by atoms with E-state index in [4.69, 9.17) is 9.42 Å². The van der Waals surface area contributed by atoms with Crippen molar-refractivity contribution in [2.75, 3.05) is 0 Å². The molecule has 4 rings (SSSR count). The van der Waals surface area contributed by atoms with Gasteiger partial charge in [-0.25, -0.2) is 4.57 Å². The van der Waals surface area contributed by atoms with Crippen LogP contribution < -0.4 is 4.52 Å². The zero-order valence-electron chi connectivity index (χ0n) is 17.3. The molecule has 0 aliphatic heterocycles. The van der Waals surface area contributed by atoms with Crippen molar-refractivity contribution in [2.24, 2.45) is 0 Å². The Morgan fingerprint density at radius 1 is 0.750 bits per heavy atom. The van der Waals surface area contributed by atoms with E-state index >= 15 is 0 Å². The summed E-state index contributed by atoms with van der Waals surface area (Å²) >= 11 is 0. The van der Waals surface area contributed by atoms with Gasteiger partial charge in [-0.2, -0.15) is 30.3 Å². The maximum absolute atomic E-state index is 11.8. The molecule has 1 unspecified atom stereocenters. The van der Waals surface area contributed by atoms with Crippen molar-refractivity contribution in [1.29, 1.82) is 0 Å². The molecule has 0 aromatic heterocycles. The summed E-state index contributed by atoms with van der Waals surface area (Å²) in [4.78, 5) is 20.5. The predicted molar refractivity (Wildman–Crippen MR) is 123 cm³/mol. The molecule has 0 aliphatic carbocycles. The Bertz CT molecular complexity index is 1060. The summed E-state index contributed by atoms with van der Waals surface area (Å²) in [5.41, 5.74) is 3.80. The summed E-state index contributed by atoms with van der Waals surface area (Å²) < 4.78 is 15.2. The van der Waals surface area contributed by atoms with Gasteiger partial charge in [-0.3, -0.25) is 4.79 Å². The van der Waals surface area contributed by atoms with Crippen molar-refractivity contribution >= 4 is 14.0 Å². The first-order valence-corrected chi connectivity index (χ1v) is 11.0. The molecular weight excluding hydrogens is 645 g/mol. The first kappa shape index (κ1) is 25.8. The third-order valence-electron chi connectivity index (χ3n) is 4.40. The summed E-state index contributed by atoms with van der Waals surface area (Å²) in [6, 6.07) is 36.5. The van der Waals surface area contributed by atoms with Gasteiger partial charge in [0.1, 0.15) is 5.75 Å². The van der Waals surface area contributed by atoms with Crippen LogP contribution in [-0.4, -0.2) is 10.7 Å². The summed E-state index contributed by atoms with van der Waals surface area (Å²) in [5, 5.41) is 0. The van der Waals surface area contributed by atoms with E-state index in [-0.39, 0.29) is 36.9 Å². The number of benzene rings is 4. The van der Waals surface area contributed by atoms with Gasteiger partial charge in [-0.1, -0.05) is 78.4 Å². The first-order valence-electron chi connectivity index (χ1n) is 9.71. The van der Waals surface area contributed by atoms with Crippen LogP contribution in [0, 0.1) is 37.2 Å². The summed E-state index contributed by atoms with van der Waals surface area (Å²) in [7, 11) is -2.91. The first-order chi connectivity index (χ1) is 15.1. The van der Waals surface area contributed by atoms with Crippen molar-refractivity contribution in [3.8, 4) is 5.75 Å². The SMILES string of the molecule is O=C(c1cc[c-]cc1)c1ccccc1.O=[PH](O)Oc1ccc(Cc2ccccc2)cc1.[U]. The van der Waals surface area contributed by atoms with E-state index in [9.17, 15) is 9.36 Å². The topological polar surface area (TPSA) is 63.6 Å². The number of carbonyl (C=O) groups excluding carboxylic acids is 1. The number of ketones is 1. The van der Waals surface area contributed by atoms with Crippen LogP contribution in [0.4, 0.5) is 0 Å². The van der Waals surface area contributed by atoms with Crippen molar-refractivity contribution in [2.45, 2.75) is 6.42 Å². The van der Waals surface area contributed by atoms with Gasteiger partial charge in [0.2, 0.25) is 0 Å². The van der Waals surface area contributed by atoms with Gasteiger partial charge in [-0.05, 0) is 29.7 Å². The van der Waals surface area contributed by atoms with Gasteiger partial charge >= 0.3 is 8.25 Å². The molecule has 4 aromatic rings. The molecule has 32 heavy (non-hydrogen) atoms. The van der Waals surface area contributed by atoms with E-state index in [0.29, 0.717) is 11.3 Å². The van der Waals surface area contributed by atoms with Crippen LogP contribution in [0.25, 0.3) is 0 Å². The van der Waals surface area contributed by atoms with Crippen LogP contribution in [-0.2, 0) is 11.0 Å². The van der Waals surface area contributed by atoms with E-state index in [0.717, 1.165) is 17.5 Å². The maximum atomic E-state index is 11.8. The second kappa shape index (κ2) is 13.9. The van der Waals surface area contributed by atoms with Crippen LogP contribution >= 0.6 is 8.25 Å². The molecule has 0 saturated carbocycles. The van der Waals surface area contributed by atoms with Crippen molar-refractivity contribution in [3.05, 3.63) is 138 Å². The number of hydrogen-bond acceptors (Lipinski definition) is 3. The molecule has 0 fully saturated rings. The zero-order chi connectivity index (χ0) is 21.9. The number of rotatable bonds is 6. The molecule has 6 heteroatoms. The average Bonchev–Trinajstić information content (AvgIpc) is 2.82. The largest absolute Gasteiger partial charge is 0.426 e. The van der Waals surface area contributed by atoms with Crippen molar-refractivity contribution in [1.82, 2.24) is 0 Å². The minimum atomic E-state index is -2.91. The van der Waals surface area contributed by atoms with E-state index < -0.39 is 8.25 Å². The Balaban J connectivity index is 0.000000224. The van der Waals surface area contributed by atoms with Gasteiger partial charge in [0, 0.05) is 36.7 Å². The number of hydrogen-bond donors (Lipinski definition) is 1. The standard InChI is InChI=1S/C13H13O3P.C13H9O.U/c14-17(15)16-13-8-6-12(7-9-13)10-11-4-2-1-3-5-11;14-13(11-7-3-1-4-8-11)12-9-5-2-6-10-12;/h1-9,17H,10H2,(H,14,15);1,3-10H;/q;-1;. The van der Waals surface area contributed by atoms with E-state index in [2.05, 4.69) is 18.2 Å². The summed E-state index contributed by atoms with van der Waals surface area (Å²) in [5.74, 6) is 0.479. The second-order valence-corrected chi connectivity index (χ2v) is 7.39. The minimum Gasteiger partial charge on any atom is -0.426 e. The molecule has 0 heterocycles. The average molecular weight is 667 g/mol. The molecule has 0 radical (unpaired) electrons. The van der Waals surface area contributed by atoms with Crippen LogP contribution in [0.5, 0.6) is 5.75 Å². The molecular formula is C26H22O4PU-. The second-order valence-electron chi connectivity index (χ2n) is 6.66. The van der Waals surface area contributed by atoms with Crippen LogP contribution in [0.15, 0.2) is 109 Å². The molecule has 0 aliphatic rings. The Hall–Kier alpha value is -2.41. The van der Waals surface area contributed by atoms with Crippen molar-refractivity contribution < 1.29 is 49.9 Å². The van der Waals surface area contributed by atoms with E-state index in [1.807, 2.05) is 60.7 Å². The fraction of sp³-hybridized carbons (Fsp3) is 0.0385. The maximum Gasteiger partial charge on any atom is 0.365 e. The molecule has 4 aromatic carbocycles. The van der Waals surface area contributed by atoms with Crippen LogP contribution in [0.3, 0.4) is 0 Å². The quantitative estimate of drug-likeness (QED) is 0.162. The van der Waals surface area contributed by atoms with Crippen LogP contribution in [0.2, 0.25) is 0 Å². The smallest absolute Gasteiger partial charge is 0.365 e. The van der Waals surface area contributed by atoms with Gasteiger partial charge in [0.15, 0.2) is 5.78 Å². The van der Waals surface area contributed by atoms with Gasteiger partial charge in [0.05, 0.1) is 0 Å². The Kier molecular flexibility index (Phi) is 11.2. The van der Waals surface area contributed by atoms with E-state index in [1.54, 1.807) is 36.4 Å². The fourth-order valence-corrected chi connectivity index (χ4v) is 3.24. The molecule has 1 atom stereocenters. The molecule has 0 saturated heterocycles. The number of carbonyl (C=O) groups is 1. The minimum absolute atomic E-state index is 0. The van der Waals surface area contributed by atoms with Crippen LogP contribution in [0.1, 0.15) is 27.0 Å². The van der Waals surface area contributed by atoms with Gasteiger partial charge < -0.3 is 9.42 Å². The Morgan fingerprint density at radius 2 is 1.25 bits per heavy atom. The molecule has 0 bridgehead atoms. The fourth-order valence-electron chi connectivity index (χ4n) is 2.90. The summed E-state index contributed by atoms with van der Waals surface area (Å²) in [6.07, 6.45) is 0.843. The third-order valence-corrected chi connectivity index (χ3v) is 4.81. The molecule has 4 nitrogen and oxygen atoms in total. The third kappa shape index (κ3) is 8.61. The van der Waals surface area contributed by atoms with Crippen molar-refractivity contribution in [3.63, 3.8) is 0 Å². The van der Waals surface area contributed by atoms with E-state index in [1.165, 1.54) is 5.56 Å². The zero-order valence-corrected chi connectivity index (χ0v) is 22.4. The Morgan fingerprint density at radius 3 is 1.81 bits per heavy atom. The molecule has 1 N–H and O–H groups in total. The molecule has 0 amide bonds. The molecule has 160 valence electrons. The molecule has 0 spiro atoms. The Labute approximate surface area is 212 Å². The predicted octanol–water partition coefficient (Wildman–Crippen LogP) is 5.76. The van der Waals surface area contributed by atoms with Gasteiger partial charge in [-0.15, -0.1) is 0 Å². The van der Waals surface area contributed by atoms with Gasteiger partial charge in [0.25, 0.3) is 0 Å². The normalized spacial score (nSPS) is 10.7.